The van der Waals surface area contributed by atoms with Crippen molar-refractivity contribution in [2.24, 2.45) is 0 Å². The van der Waals surface area contributed by atoms with Crippen molar-refractivity contribution in [3.63, 3.8) is 0 Å². The fourth-order valence-electron chi connectivity index (χ4n) is 3.03. The van der Waals surface area contributed by atoms with Crippen LogP contribution in [0.2, 0.25) is 5.02 Å². The maximum Gasteiger partial charge on any atom is 2.00 e. The molecule has 0 bridgehead atoms. The van der Waals surface area contributed by atoms with Gasteiger partial charge in [0.1, 0.15) is 0 Å². The van der Waals surface area contributed by atoms with Crippen LogP contribution in [0.15, 0.2) is 65.9 Å². The standard InChI is InChI=1S/C18H19ClN3.C5H5.Fe/c1-22(2)12-14-5-3-4-13(14)11-21-17-8-9-20-18-10-15(19)6-7-16(17)18;1-2-4-5-3-1;/h4,6-10H,5,11-12H2,1-2H3,(H,20,21);1-3H,4H2;/q2*-1;+2. The fourth-order valence-corrected chi connectivity index (χ4v) is 3.20. The summed E-state index contributed by atoms with van der Waals surface area (Å²) in [5.74, 6) is 0. The van der Waals surface area contributed by atoms with Gasteiger partial charge in [-0.1, -0.05) is 11.6 Å². The number of nitrogens with zero attached hydrogens (tertiary/aromatic N) is 2. The Kier molecular flexibility index (Phi) is 9.00. The first-order valence-electron chi connectivity index (χ1n) is 9.05. The monoisotopic (exact) mass is 433 g/mol. The number of pyridine rings is 1. The first-order chi connectivity index (χ1) is 13.1. The third kappa shape index (κ3) is 6.35. The second-order valence-corrected chi connectivity index (χ2v) is 7.20. The number of nitrogens with one attached hydrogen (secondary N) is 1. The quantitative estimate of drug-likeness (QED) is 0.517. The minimum Gasteiger partial charge on any atom is -0.397 e. The number of benzene rings is 1. The topological polar surface area (TPSA) is 28.2 Å². The second-order valence-electron chi connectivity index (χ2n) is 6.77. The van der Waals surface area contributed by atoms with E-state index in [1.807, 2.05) is 42.6 Å². The molecule has 28 heavy (non-hydrogen) atoms. The van der Waals surface area contributed by atoms with Gasteiger partial charge >= 0.3 is 17.1 Å². The molecule has 1 aromatic carbocycles. The third-order valence-corrected chi connectivity index (χ3v) is 4.55. The summed E-state index contributed by atoms with van der Waals surface area (Å²) >= 11 is 6.03. The van der Waals surface area contributed by atoms with Gasteiger partial charge in [-0.25, -0.2) is 18.2 Å². The zero-order valence-electron chi connectivity index (χ0n) is 16.2. The fraction of sp³-hybridized carbons (Fsp3) is 0.261. The maximum absolute atomic E-state index is 6.03. The van der Waals surface area contributed by atoms with Crippen LogP contribution >= 0.6 is 11.6 Å². The van der Waals surface area contributed by atoms with Crippen molar-refractivity contribution < 1.29 is 17.1 Å². The molecule has 2 aliphatic carbocycles. The smallest absolute Gasteiger partial charge is 0.397 e. The first kappa shape index (κ1) is 22.4. The Morgan fingerprint density at radius 3 is 2.75 bits per heavy atom. The van der Waals surface area contributed by atoms with Gasteiger partial charge in [-0.05, 0) is 44.9 Å². The van der Waals surface area contributed by atoms with Gasteiger partial charge in [0.05, 0.1) is 5.52 Å². The molecule has 0 saturated carbocycles. The van der Waals surface area contributed by atoms with Crippen LogP contribution in [0.3, 0.4) is 0 Å². The first-order valence-corrected chi connectivity index (χ1v) is 9.43. The molecule has 2 aliphatic rings. The van der Waals surface area contributed by atoms with Gasteiger partial charge in [-0.2, -0.15) is 11.6 Å². The van der Waals surface area contributed by atoms with E-state index in [0.717, 1.165) is 42.5 Å². The normalized spacial score (nSPS) is 14.4. The van der Waals surface area contributed by atoms with Crippen LogP contribution in [0.1, 0.15) is 12.8 Å². The van der Waals surface area contributed by atoms with Crippen molar-refractivity contribution in [1.82, 2.24) is 9.88 Å². The van der Waals surface area contributed by atoms with E-state index in [-0.39, 0.29) is 17.1 Å². The number of aromatic nitrogens is 1. The van der Waals surface area contributed by atoms with Gasteiger partial charge in [0.2, 0.25) is 0 Å². The molecule has 1 heterocycles. The summed E-state index contributed by atoms with van der Waals surface area (Å²) in [6, 6.07) is 7.81. The van der Waals surface area contributed by atoms with Crippen LogP contribution in [0.25, 0.3) is 10.9 Å². The number of likely N-dealkylation sites (N-methyl/N-ethyl adjacent to an activating group) is 1. The summed E-state index contributed by atoms with van der Waals surface area (Å²) in [5.41, 5.74) is 4.75. The predicted octanol–water partition coefficient (Wildman–Crippen LogP) is 5.22. The second kappa shape index (κ2) is 11.2. The molecule has 0 atom stereocenters. The predicted molar refractivity (Wildman–Crippen MR) is 115 cm³/mol. The van der Waals surface area contributed by atoms with Crippen molar-refractivity contribution in [3.8, 4) is 0 Å². The van der Waals surface area contributed by atoms with Crippen LogP contribution in [0.4, 0.5) is 5.69 Å². The Bertz CT molecular complexity index is 903. The Morgan fingerprint density at radius 2 is 2.07 bits per heavy atom. The van der Waals surface area contributed by atoms with E-state index in [4.69, 9.17) is 11.6 Å². The summed E-state index contributed by atoms with van der Waals surface area (Å²) in [6.45, 7) is 1.78. The summed E-state index contributed by atoms with van der Waals surface area (Å²) < 4.78 is 0. The van der Waals surface area contributed by atoms with E-state index in [1.54, 1.807) is 0 Å². The minimum absolute atomic E-state index is 0. The molecule has 2 aromatic rings. The SMILES string of the molecule is CN(C)CC1=C(CNc2ccnc3cc(Cl)ccc23)C=[C-]C1.[C-]1=CC=CC1.[Fe+2]. The van der Waals surface area contributed by atoms with Crippen LogP contribution < -0.4 is 5.32 Å². The summed E-state index contributed by atoms with van der Waals surface area (Å²) in [7, 11) is 4.19. The molecule has 3 nitrogen and oxygen atoms in total. The largest absolute Gasteiger partial charge is 2.00 e. The van der Waals surface area contributed by atoms with Crippen molar-refractivity contribution >= 4 is 28.2 Å². The van der Waals surface area contributed by atoms with Crippen LogP contribution in [0, 0.1) is 12.2 Å². The maximum atomic E-state index is 6.03. The summed E-state index contributed by atoms with van der Waals surface area (Å²) in [6.07, 6.45) is 18.2. The van der Waals surface area contributed by atoms with E-state index in [1.165, 1.54) is 11.1 Å². The van der Waals surface area contributed by atoms with Gasteiger partial charge in [-0.15, -0.1) is 18.4 Å². The number of hydrogen-bond acceptors (Lipinski definition) is 3. The molecule has 0 spiro atoms. The molecule has 4 rings (SSSR count). The average molecular weight is 434 g/mol. The molecular weight excluding hydrogens is 410 g/mol. The zero-order valence-corrected chi connectivity index (χ0v) is 18.0. The van der Waals surface area contributed by atoms with E-state index in [2.05, 4.69) is 53.6 Å². The molecule has 0 radical (unpaired) electrons. The van der Waals surface area contributed by atoms with Crippen LogP contribution in [0.5, 0.6) is 0 Å². The van der Waals surface area contributed by atoms with E-state index in [0.29, 0.717) is 5.02 Å². The van der Waals surface area contributed by atoms with E-state index >= 15 is 0 Å². The number of rotatable bonds is 5. The van der Waals surface area contributed by atoms with E-state index in [9.17, 15) is 0 Å². The Morgan fingerprint density at radius 1 is 1.21 bits per heavy atom. The van der Waals surface area contributed by atoms with Crippen LogP contribution in [-0.4, -0.2) is 37.1 Å². The molecule has 1 N–H and O–H groups in total. The van der Waals surface area contributed by atoms with Crippen molar-refractivity contribution in [1.29, 1.82) is 0 Å². The summed E-state index contributed by atoms with van der Waals surface area (Å²) in [4.78, 5) is 6.57. The zero-order chi connectivity index (χ0) is 19.1. The van der Waals surface area contributed by atoms with Gasteiger partial charge < -0.3 is 10.2 Å². The number of fused-ring (bicyclic) bond motifs is 1. The molecule has 0 fully saturated rings. The molecule has 0 aliphatic heterocycles. The van der Waals surface area contributed by atoms with Gasteiger partial charge in [0.15, 0.2) is 0 Å². The molecule has 0 amide bonds. The van der Waals surface area contributed by atoms with Gasteiger partial charge in [0, 0.05) is 28.8 Å². The number of allylic oxidation sites excluding steroid dienone is 5. The van der Waals surface area contributed by atoms with Crippen molar-refractivity contribution in [2.45, 2.75) is 12.8 Å². The van der Waals surface area contributed by atoms with Crippen molar-refractivity contribution in [3.05, 3.63) is 83.1 Å². The number of halogens is 1. The molecule has 1 aromatic heterocycles. The minimum atomic E-state index is 0. The Balaban J connectivity index is 0.000000408. The van der Waals surface area contributed by atoms with Gasteiger partial charge in [0.25, 0.3) is 0 Å². The molecule has 0 unspecified atom stereocenters. The molecule has 146 valence electrons. The van der Waals surface area contributed by atoms with Crippen molar-refractivity contribution in [2.75, 3.05) is 32.5 Å². The summed E-state index contributed by atoms with van der Waals surface area (Å²) in [5, 5.41) is 5.32. The number of anilines is 1. The average Bonchev–Trinajstić information content (AvgIpc) is 3.34. The number of hydrogen-bond donors (Lipinski definition) is 1. The molecular formula is C23H24ClFeN3. The Labute approximate surface area is 183 Å². The Hall–Kier alpha value is -1.84. The van der Waals surface area contributed by atoms with Crippen LogP contribution in [-0.2, 0) is 17.1 Å². The van der Waals surface area contributed by atoms with E-state index < -0.39 is 0 Å². The molecule has 0 saturated heterocycles. The third-order valence-electron chi connectivity index (χ3n) is 4.31. The molecule has 5 heteroatoms. The van der Waals surface area contributed by atoms with Gasteiger partial charge in [-0.3, -0.25) is 17.1 Å².